The Bertz CT molecular complexity index is 1070. The molecule has 1 aliphatic heterocycles. The minimum absolute atomic E-state index is 0.0634. The third-order valence-corrected chi connectivity index (χ3v) is 5.55. The first-order valence-electron chi connectivity index (χ1n) is 10.4. The van der Waals surface area contributed by atoms with Crippen LogP contribution in [0.2, 0.25) is 0 Å². The molecule has 0 spiro atoms. The molecule has 1 fully saturated rings. The molecule has 1 aliphatic rings. The Morgan fingerprint density at radius 1 is 1.03 bits per heavy atom. The smallest absolute Gasteiger partial charge is 0.309 e. The highest BCUT2D eigenvalue weighted by Crippen LogP contribution is 2.49. The van der Waals surface area contributed by atoms with E-state index < -0.39 is 11.4 Å². The van der Waals surface area contributed by atoms with E-state index in [0.29, 0.717) is 12.2 Å². The van der Waals surface area contributed by atoms with Crippen LogP contribution < -0.4 is 4.74 Å². The lowest BCUT2D eigenvalue weighted by atomic mass is 9.92. The number of carbonyl (C=O) groups is 1. The Balaban J connectivity index is 1.46. The Labute approximate surface area is 181 Å². The number of halogens is 1. The minimum Gasteiger partial charge on any atom is -0.486 e. The summed E-state index contributed by atoms with van der Waals surface area (Å²) in [7, 11) is 0. The fourth-order valence-corrected chi connectivity index (χ4v) is 3.81. The Hall–Kier alpha value is -3.18. The van der Waals surface area contributed by atoms with E-state index in [0.717, 1.165) is 16.7 Å². The van der Waals surface area contributed by atoms with Gasteiger partial charge in [0.2, 0.25) is 0 Å². The molecule has 3 aromatic carbocycles. The molecule has 2 unspecified atom stereocenters. The summed E-state index contributed by atoms with van der Waals surface area (Å²) >= 11 is 0. The molecule has 31 heavy (non-hydrogen) atoms. The third kappa shape index (κ3) is 4.62. The van der Waals surface area contributed by atoms with E-state index in [9.17, 15) is 9.18 Å². The second-order valence-corrected chi connectivity index (χ2v) is 7.63. The van der Waals surface area contributed by atoms with Crippen molar-refractivity contribution >= 4 is 5.97 Å². The van der Waals surface area contributed by atoms with Gasteiger partial charge in [0.05, 0.1) is 19.1 Å². The SMILES string of the molecule is CCOC(=O)CC1(c2ccc(OCc3cccc(-c4ccccc4)c3)c(F)c2)OC1C. The van der Waals surface area contributed by atoms with Crippen LogP contribution in [0, 0.1) is 5.82 Å². The van der Waals surface area contributed by atoms with Crippen molar-refractivity contribution < 1.29 is 23.4 Å². The molecule has 0 aliphatic carbocycles. The second-order valence-electron chi connectivity index (χ2n) is 7.63. The van der Waals surface area contributed by atoms with E-state index in [2.05, 4.69) is 0 Å². The van der Waals surface area contributed by atoms with Crippen LogP contribution in [0.5, 0.6) is 5.75 Å². The number of hydrogen-bond donors (Lipinski definition) is 0. The highest BCUT2D eigenvalue weighted by Gasteiger charge is 2.56. The lowest BCUT2D eigenvalue weighted by Crippen LogP contribution is -2.19. The highest BCUT2D eigenvalue weighted by atomic mass is 19.1. The third-order valence-electron chi connectivity index (χ3n) is 5.55. The van der Waals surface area contributed by atoms with Gasteiger partial charge >= 0.3 is 5.97 Å². The molecule has 0 N–H and O–H groups in total. The fraction of sp³-hybridized carbons (Fsp3) is 0.269. The maximum Gasteiger partial charge on any atom is 0.309 e. The number of benzene rings is 3. The number of rotatable bonds is 8. The Morgan fingerprint density at radius 2 is 1.77 bits per heavy atom. The summed E-state index contributed by atoms with van der Waals surface area (Å²) in [5.74, 6) is -0.679. The van der Waals surface area contributed by atoms with Crippen LogP contribution in [-0.4, -0.2) is 18.7 Å². The molecule has 2 atom stereocenters. The topological polar surface area (TPSA) is 48.1 Å². The average Bonchev–Trinajstić information content (AvgIpc) is 3.43. The van der Waals surface area contributed by atoms with Crippen LogP contribution >= 0.6 is 0 Å². The lowest BCUT2D eigenvalue weighted by Gasteiger charge is -2.14. The van der Waals surface area contributed by atoms with Crippen molar-refractivity contribution in [1.82, 2.24) is 0 Å². The first kappa shape index (κ1) is 21.1. The van der Waals surface area contributed by atoms with Crippen molar-refractivity contribution in [3.63, 3.8) is 0 Å². The van der Waals surface area contributed by atoms with Gasteiger partial charge in [-0.1, -0.05) is 54.6 Å². The molecule has 1 saturated heterocycles. The van der Waals surface area contributed by atoms with E-state index in [1.165, 1.54) is 6.07 Å². The summed E-state index contributed by atoms with van der Waals surface area (Å²) in [6.07, 6.45) is -0.114. The molecule has 0 saturated carbocycles. The maximum absolute atomic E-state index is 14.8. The van der Waals surface area contributed by atoms with E-state index in [4.69, 9.17) is 14.2 Å². The quantitative estimate of drug-likeness (QED) is 0.350. The Morgan fingerprint density at radius 3 is 2.45 bits per heavy atom. The van der Waals surface area contributed by atoms with Gasteiger partial charge < -0.3 is 14.2 Å². The summed E-state index contributed by atoms with van der Waals surface area (Å²) in [6.45, 7) is 4.16. The molecule has 1 heterocycles. The first-order valence-corrected chi connectivity index (χ1v) is 10.4. The number of carbonyl (C=O) groups excluding carboxylic acids is 1. The number of ether oxygens (including phenoxy) is 3. The molecule has 0 amide bonds. The standard InChI is InChI=1S/C26H25FO4/c1-3-29-25(28)16-26(18(2)31-26)22-12-13-24(23(27)15-22)30-17-19-8-7-11-21(14-19)20-9-5-4-6-10-20/h4-15,18H,3,16-17H2,1-2H3. The molecule has 160 valence electrons. The van der Waals surface area contributed by atoms with Crippen molar-refractivity contribution in [3.05, 3.63) is 89.7 Å². The summed E-state index contributed by atoms with van der Waals surface area (Å²) < 4.78 is 31.2. The molecule has 0 radical (unpaired) electrons. The van der Waals surface area contributed by atoms with Gasteiger partial charge in [-0.05, 0) is 54.3 Å². The zero-order valence-corrected chi connectivity index (χ0v) is 17.6. The highest BCUT2D eigenvalue weighted by molar-refractivity contribution is 5.72. The van der Waals surface area contributed by atoms with Crippen molar-refractivity contribution in [2.24, 2.45) is 0 Å². The zero-order chi connectivity index (χ0) is 21.8. The van der Waals surface area contributed by atoms with E-state index in [1.54, 1.807) is 19.1 Å². The largest absolute Gasteiger partial charge is 0.486 e. The Kier molecular flexibility index (Phi) is 6.05. The van der Waals surface area contributed by atoms with Crippen molar-refractivity contribution in [2.45, 2.75) is 38.6 Å². The predicted molar refractivity (Wildman–Crippen MR) is 116 cm³/mol. The average molecular weight is 420 g/mol. The molecule has 0 aromatic heterocycles. The summed E-state index contributed by atoms with van der Waals surface area (Å²) in [5, 5.41) is 0. The zero-order valence-electron chi connectivity index (χ0n) is 17.6. The second kappa shape index (κ2) is 8.90. The van der Waals surface area contributed by atoms with Gasteiger partial charge in [-0.2, -0.15) is 0 Å². The molecule has 5 heteroatoms. The van der Waals surface area contributed by atoms with Crippen LogP contribution in [-0.2, 0) is 26.5 Å². The summed E-state index contributed by atoms with van der Waals surface area (Å²) in [6, 6.07) is 22.8. The predicted octanol–water partition coefficient (Wildman–Crippen LogP) is 5.64. The van der Waals surface area contributed by atoms with Gasteiger partial charge in [0.15, 0.2) is 11.6 Å². The van der Waals surface area contributed by atoms with Crippen LogP contribution in [0.25, 0.3) is 11.1 Å². The summed E-state index contributed by atoms with van der Waals surface area (Å²) in [5.41, 5.74) is 2.94. The van der Waals surface area contributed by atoms with E-state index >= 15 is 0 Å². The van der Waals surface area contributed by atoms with Crippen LogP contribution in [0.1, 0.15) is 31.4 Å². The summed E-state index contributed by atoms with van der Waals surface area (Å²) in [4.78, 5) is 11.9. The van der Waals surface area contributed by atoms with Gasteiger partial charge in [0.1, 0.15) is 12.2 Å². The van der Waals surface area contributed by atoms with Crippen LogP contribution in [0.15, 0.2) is 72.8 Å². The van der Waals surface area contributed by atoms with Gasteiger partial charge in [-0.25, -0.2) is 4.39 Å². The fourth-order valence-electron chi connectivity index (χ4n) is 3.81. The molecule has 4 nitrogen and oxygen atoms in total. The van der Waals surface area contributed by atoms with E-state index in [1.807, 2.05) is 61.5 Å². The molecule has 4 rings (SSSR count). The van der Waals surface area contributed by atoms with Crippen molar-refractivity contribution in [1.29, 1.82) is 0 Å². The molecule has 0 bridgehead atoms. The van der Waals surface area contributed by atoms with Crippen molar-refractivity contribution in [2.75, 3.05) is 6.61 Å². The monoisotopic (exact) mass is 420 g/mol. The number of esters is 1. The van der Waals surface area contributed by atoms with E-state index in [-0.39, 0.29) is 30.9 Å². The van der Waals surface area contributed by atoms with Crippen LogP contribution in [0.3, 0.4) is 0 Å². The number of epoxide rings is 1. The normalized spacial score (nSPS) is 19.6. The van der Waals surface area contributed by atoms with Crippen molar-refractivity contribution in [3.8, 4) is 16.9 Å². The van der Waals surface area contributed by atoms with Gasteiger partial charge in [0.25, 0.3) is 0 Å². The number of hydrogen-bond acceptors (Lipinski definition) is 4. The lowest BCUT2D eigenvalue weighted by molar-refractivity contribution is -0.144. The maximum atomic E-state index is 14.8. The minimum atomic E-state index is -0.824. The van der Waals surface area contributed by atoms with Gasteiger partial charge in [-0.15, -0.1) is 0 Å². The molecular formula is C26H25FO4. The molecule has 3 aromatic rings. The first-order chi connectivity index (χ1) is 15.0. The van der Waals surface area contributed by atoms with Gasteiger partial charge in [-0.3, -0.25) is 4.79 Å². The van der Waals surface area contributed by atoms with Gasteiger partial charge in [0, 0.05) is 0 Å². The molecular weight excluding hydrogens is 395 g/mol. The van der Waals surface area contributed by atoms with Crippen LogP contribution in [0.4, 0.5) is 4.39 Å².